The Kier molecular flexibility index (Phi) is 2.14. The van der Waals surface area contributed by atoms with Crippen LogP contribution >= 0.6 is 0 Å². The van der Waals surface area contributed by atoms with Crippen LogP contribution in [0.2, 0.25) is 0 Å². The first-order valence-corrected chi connectivity index (χ1v) is 4.57. The first kappa shape index (κ1) is 8.44. The van der Waals surface area contributed by atoms with Crippen LogP contribution in [0.4, 0.5) is 5.95 Å². The largest absolute Gasteiger partial charge is 0.368 e. The van der Waals surface area contributed by atoms with Gasteiger partial charge in [-0.15, -0.1) is 0 Å². The lowest BCUT2D eigenvalue weighted by Gasteiger charge is -2.10. The molecule has 1 unspecified atom stereocenters. The predicted octanol–water partition coefficient (Wildman–Crippen LogP) is 0.444. The highest BCUT2D eigenvalue weighted by molar-refractivity contribution is 5.27. The zero-order valence-electron chi connectivity index (χ0n) is 7.75. The van der Waals surface area contributed by atoms with E-state index in [0.29, 0.717) is 11.9 Å². The van der Waals surface area contributed by atoms with Gasteiger partial charge in [-0.2, -0.15) is 0 Å². The lowest BCUT2D eigenvalue weighted by atomic mass is 10.0. The molecule has 1 aliphatic heterocycles. The summed E-state index contributed by atoms with van der Waals surface area (Å²) in [6, 6.07) is 0. The minimum Gasteiger partial charge on any atom is -0.368 e. The topological polar surface area (TPSA) is 63.8 Å². The van der Waals surface area contributed by atoms with E-state index in [4.69, 9.17) is 5.73 Å². The number of nitrogen functional groups attached to an aromatic ring is 1. The van der Waals surface area contributed by atoms with Crippen LogP contribution in [0.25, 0.3) is 0 Å². The molecule has 1 aromatic rings. The van der Waals surface area contributed by atoms with E-state index in [1.807, 2.05) is 6.92 Å². The van der Waals surface area contributed by atoms with E-state index in [0.717, 1.165) is 30.8 Å². The van der Waals surface area contributed by atoms with Crippen LogP contribution in [-0.4, -0.2) is 23.1 Å². The van der Waals surface area contributed by atoms with Gasteiger partial charge in [0.25, 0.3) is 0 Å². The van der Waals surface area contributed by atoms with Crippen molar-refractivity contribution in [2.75, 3.05) is 18.8 Å². The maximum Gasteiger partial charge on any atom is 0.220 e. The van der Waals surface area contributed by atoms with E-state index in [2.05, 4.69) is 15.3 Å². The highest BCUT2D eigenvalue weighted by Gasteiger charge is 2.19. The number of nitrogens with one attached hydrogen (secondary N) is 1. The molecule has 1 aromatic heterocycles. The third-order valence-electron chi connectivity index (χ3n) is 2.48. The van der Waals surface area contributed by atoms with Crippen molar-refractivity contribution in [1.82, 2.24) is 15.3 Å². The summed E-state index contributed by atoms with van der Waals surface area (Å²) in [6.45, 7) is 4.12. The van der Waals surface area contributed by atoms with Gasteiger partial charge < -0.3 is 11.1 Å². The SMILES string of the molecule is Cc1cnc(N)nc1C1CCNC1. The van der Waals surface area contributed by atoms with Crippen molar-refractivity contribution in [3.05, 3.63) is 17.5 Å². The lowest BCUT2D eigenvalue weighted by Crippen LogP contribution is -2.11. The second-order valence-electron chi connectivity index (χ2n) is 3.49. The van der Waals surface area contributed by atoms with Gasteiger partial charge in [-0.05, 0) is 25.5 Å². The molecule has 0 saturated carbocycles. The summed E-state index contributed by atoms with van der Waals surface area (Å²) in [5.74, 6) is 0.901. The van der Waals surface area contributed by atoms with E-state index < -0.39 is 0 Å². The van der Waals surface area contributed by atoms with E-state index in [9.17, 15) is 0 Å². The third kappa shape index (κ3) is 1.62. The van der Waals surface area contributed by atoms with Crippen molar-refractivity contribution >= 4 is 5.95 Å². The van der Waals surface area contributed by atoms with Crippen LogP contribution in [0, 0.1) is 6.92 Å². The Hall–Kier alpha value is -1.16. The van der Waals surface area contributed by atoms with Crippen molar-refractivity contribution in [3.8, 4) is 0 Å². The fraction of sp³-hybridized carbons (Fsp3) is 0.556. The third-order valence-corrected chi connectivity index (χ3v) is 2.48. The van der Waals surface area contributed by atoms with Crippen LogP contribution < -0.4 is 11.1 Å². The number of rotatable bonds is 1. The summed E-state index contributed by atoms with van der Waals surface area (Å²) >= 11 is 0. The number of anilines is 1. The molecule has 0 aliphatic carbocycles. The van der Waals surface area contributed by atoms with Gasteiger partial charge in [0, 0.05) is 18.7 Å². The second kappa shape index (κ2) is 3.30. The Morgan fingerprint density at radius 2 is 2.46 bits per heavy atom. The molecule has 1 fully saturated rings. The molecule has 2 rings (SSSR count). The minimum atomic E-state index is 0.382. The second-order valence-corrected chi connectivity index (χ2v) is 3.49. The molecule has 1 aliphatic rings. The molecule has 0 radical (unpaired) electrons. The van der Waals surface area contributed by atoms with Crippen LogP contribution in [0.15, 0.2) is 6.20 Å². The van der Waals surface area contributed by atoms with Gasteiger partial charge in [0.2, 0.25) is 5.95 Å². The number of hydrogen-bond donors (Lipinski definition) is 2. The molecular formula is C9H14N4. The molecule has 0 spiro atoms. The molecule has 1 atom stereocenters. The fourth-order valence-corrected chi connectivity index (χ4v) is 1.77. The van der Waals surface area contributed by atoms with Crippen LogP contribution in [-0.2, 0) is 0 Å². The Morgan fingerprint density at radius 1 is 1.62 bits per heavy atom. The van der Waals surface area contributed by atoms with Gasteiger partial charge >= 0.3 is 0 Å². The van der Waals surface area contributed by atoms with Crippen molar-refractivity contribution in [3.63, 3.8) is 0 Å². The molecule has 2 heterocycles. The van der Waals surface area contributed by atoms with Gasteiger partial charge in [-0.25, -0.2) is 9.97 Å². The fourth-order valence-electron chi connectivity index (χ4n) is 1.77. The van der Waals surface area contributed by atoms with Crippen LogP contribution in [0.5, 0.6) is 0 Å². The Bertz CT molecular complexity index is 304. The summed E-state index contributed by atoms with van der Waals surface area (Å²) in [7, 11) is 0. The Morgan fingerprint density at radius 3 is 3.15 bits per heavy atom. The quantitative estimate of drug-likeness (QED) is 0.655. The zero-order valence-corrected chi connectivity index (χ0v) is 7.75. The molecule has 4 nitrogen and oxygen atoms in total. The number of hydrogen-bond acceptors (Lipinski definition) is 4. The molecule has 13 heavy (non-hydrogen) atoms. The monoisotopic (exact) mass is 178 g/mol. The predicted molar refractivity (Wildman–Crippen MR) is 51.4 cm³/mol. The summed E-state index contributed by atoms with van der Waals surface area (Å²) < 4.78 is 0. The first-order valence-electron chi connectivity index (χ1n) is 4.57. The van der Waals surface area contributed by atoms with Crippen LogP contribution in [0.3, 0.4) is 0 Å². The number of nitrogens with zero attached hydrogens (tertiary/aromatic N) is 2. The van der Waals surface area contributed by atoms with Gasteiger partial charge in [-0.1, -0.05) is 0 Å². The normalized spacial score (nSPS) is 22.1. The average Bonchev–Trinajstić information content (AvgIpc) is 2.61. The zero-order chi connectivity index (χ0) is 9.26. The summed E-state index contributed by atoms with van der Waals surface area (Å²) in [5.41, 5.74) is 7.80. The van der Waals surface area contributed by atoms with Crippen molar-refractivity contribution in [1.29, 1.82) is 0 Å². The Labute approximate surface area is 77.6 Å². The van der Waals surface area contributed by atoms with Gasteiger partial charge in [-0.3, -0.25) is 0 Å². The molecule has 0 amide bonds. The van der Waals surface area contributed by atoms with E-state index >= 15 is 0 Å². The summed E-state index contributed by atoms with van der Waals surface area (Å²) in [4.78, 5) is 8.24. The number of nitrogens with two attached hydrogens (primary N) is 1. The molecule has 3 N–H and O–H groups in total. The van der Waals surface area contributed by atoms with E-state index in [1.165, 1.54) is 0 Å². The van der Waals surface area contributed by atoms with Gasteiger partial charge in [0.15, 0.2) is 0 Å². The summed E-state index contributed by atoms with van der Waals surface area (Å²) in [6.07, 6.45) is 2.95. The number of aryl methyl sites for hydroxylation is 1. The summed E-state index contributed by atoms with van der Waals surface area (Å²) in [5, 5.41) is 3.32. The highest BCUT2D eigenvalue weighted by atomic mass is 15.0. The minimum absolute atomic E-state index is 0.382. The average molecular weight is 178 g/mol. The number of aromatic nitrogens is 2. The lowest BCUT2D eigenvalue weighted by molar-refractivity contribution is 0.725. The molecule has 0 bridgehead atoms. The van der Waals surface area contributed by atoms with Gasteiger partial charge in [0.05, 0.1) is 5.69 Å². The molecule has 4 heteroatoms. The van der Waals surface area contributed by atoms with Crippen molar-refractivity contribution < 1.29 is 0 Å². The molecular weight excluding hydrogens is 164 g/mol. The Balaban J connectivity index is 2.32. The first-order chi connectivity index (χ1) is 6.27. The van der Waals surface area contributed by atoms with Crippen molar-refractivity contribution in [2.24, 2.45) is 0 Å². The maximum atomic E-state index is 5.55. The van der Waals surface area contributed by atoms with Gasteiger partial charge in [0.1, 0.15) is 0 Å². The van der Waals surface area contributed by atoms with Crippen molar-refractivity contribution in [2.45, 2.75) is 19.3 Å². The molecule has 0 aromatic carbocycles. The standard InChI is InChI=1S/C9H14N4/c1-6-4-12-9(10)13-8(6)7-2-3-11-5-7/h4,7,11H,2-3,5H2,1H3,(H2,10,12,13). The smallest absolute Gasteiger partial charge is 0.220 e. The maximum absolute atomic E-state index is 5.55. The van der Waals surface area contributed by atoms with E-state index in [-0.39, 0.29) is 0 Å². The molecule has 70 valence electrons. The van der Waals surface area contributed by atoms with E-state index in [1.54, 1.807) is 6.20 Å². The highest BCUT2D eigenvalue weighted by Crippen LogP contribution is 2.23. The molecule has 1 saturated heterocycles. The van der Waals surface area contributed by atoms with Crippen LogP contribution in [0.1, 0.15) is 23.6 Å².